The minimum absolute atomic E-state index is 0.178. The highest BCUT2D eigenvalue weighted by molar-refractivity contribution is 6.31. The van der Waals surface area contributed by atoms with E-state index in [9.17, 15) is 9.18 Å². The van der Waals surface area contributed by atoms with Crippen LogP contribution in [-0.2, 0) is 0 Å². The van der Waals surface area contributed by atoms with Gasteiger partial charge in [0.2, 0.25) is 0 Å². The molecule has 1 aliphatic rings. The molecule has 0 radical (unpaired) electrons. The van der Waals surface area contributed by atoms with Gasteiger partial charge in [-0.15, -0.1) is 0 Å². The summed E-state index contributed by atoms with van der Waals surface area (Å²) in [7, 11) is 0. The van der Waals surface area contributed by atoms with Crippen LogP contribution in [0.4, 0.5) is 10.1 Å². The molecule has 180 valence electrons. The zero-order valence-electron chi connectivity index (χ0n) is 19.9. The summed E-state index contributed by atoms with van der Waals surface area (Å²) in [5.74, 6) is 0.225. The molecule has 1 saturated heterocycles. The summed E-state index contributed by atoms with van der Waals surface area (Å²) in [5.41, 5.74) is 4.29. The average molecular weight is 484 g/mol. The van der Waals surface area contributed by atoms with E-state index < -0.39 is 0 Å². The van der Waals surface area contributed by atoms with Crippen LogP contribution in [0.5, 0.6) is 0 Å². The zero-order chi connectivity index (χ0) is 24.2. The number of aryl methyl sites for hydroxylation is 1. The van der Waals surface area contributed by atoms with Crippen LogP contribution in [0.15, 0.2) is 42.5 Å². The largest absolute Gasteiger partial charge is 0.369 e. The molecule has 6 nitrogen and oxygen atoms in total. The third kappa shape index (κ3) is 5.26. The fraction of sp³-hybridized carbons (Fsp3) is 0.385. The number of amides is 1. The molecule has 1 amide bonds. The van der Waals surface area contributed by atoms with Gasteiger partial charge in [-0.05, 0) is 75.7 Å². The van der Waals surface area contributed by atoms with Crippen LogP contribution in [-0.4, -0.2) is 59.6 Å². The minimum Gasteiger partial charge on any atom is -0.369 e. The predicted molar refractivity (Wildman–Crippen MR) is 135 cm³/mol. The summed E-state index contributed by atoms with van der Waals surface area (Å²) in [6.45, 7) is 11.2. The van der Waals surface area contributed by atoms with E-state index in [2.05, 4.69) is 33.1 Å². The molecule has 1 aliphatic heterocycles. The molecule has 1 aromatic heterocycles. The Morgan fingerprint density at radius 3 is 2.47 bits per heavy atom. The van der Waals surface area contributed by atoms with E-state index in [1.165, 1.54) is 17.8 Å². The number of aromatic nitrogens is 2. The molecule has 1 fully saturated rings. The number of hydrogen-bond acceptors (Lipinski definition) is 4. The van der Waals surface area contributed by atoms with Gasteiger partial charge in [-0.1, -0.05) is 17.7 Å². The highest BCUT2D eigenvalue weighted by Gasteiger charge is 2.20. The fourth-order valence-corrected chi connectivity index (χ4v) is 4.74. The summed E-state index contributed by atoms with van der Waals surface area (Å²) in [6, 6.07) is 12.3. The van der Waals surface area contributed by atoms with Crippen LogP contribution in [0.2, 0.25) is 5.02 Å². The number of benzene rings is 2. The Hall–Kier alpha value is -2.90. The van der Waals surface area contributed by atoms with E-state index in [-0.39, 0.29) is 11.7 Å². The number of nitrogens with one attached hydrogen (secondary N) is 1. The molecule has 0 bridgehead atoms. The average Bonchev–Trinajstić information content (AvgIpc) is 3.13. The maximum absolute atomic E-state index is 13.3. The highest BCUT2D eigenvalue weighted by atomic mass is 35.5. The number of rotatable bonds is 7. The summed E-state index contributed by atoms with van der Waals surface area (Å²) >= 11 is 6.28. The summed E-state index contributed by atoms with van der Waals surface area (Å²) in [5, 5.41) is 3.81. The Balaban J connectivity index is 1.25. The van der Waals surface area contributed by atoms with Crippen LogP contribution >= 0.6 is 11.6 Å². The lowest BCUT2D eigenvalue weighted by Gasteiger charge is -2.37. The molecule has 0 saturated carbocycles. The maximum Gasteiger partial charge on any atom is 0.271 e. The summed E-state index contributed by atoms with van der Waals surface area (Å²) in [6.07, 6.45) is 0.874. The van der Waals surface area contributed by atoms with Crippen molar-refractivity contribution in [2.24, 2.45) is 0 Å². The number of carbonyl (C=O) groups excluding carboxylic acids is 1. The van der Waals surface area contributed by atoms with Gasteiger partial charge in [-0.2, -0.15) is 0 Å². The van der Waals surface area contributed by atoms with E-state index >= 15 is 0 Å². The van der Waals surface area contributed by atoms with Gasteiger partial charge in [-0.25, -0.2) is 9.37 Å². The van der Waals surface area contributed by atoms with Crippen molar-refractivity contribution in [3.63, 3.8) is 0 Å². The topological polar surface area (TPSA) is 53.4 Å². The van der Waals surface area contributed by atoms with Crippen molar-refractivity contribution in [3.05, 3.63) is 76.1 Å². The van der Waals surface area contributed by atoms with Crippen LogP contribution < -0.4 is 10.2 Å². The van der Waals surface area contributed by atoms with Gasteiger partial charge in [0.05, 0.1) is 5.69 Å². The Morgan fingerprint density at radius 2 is 1.76 bits per heavy atom. The molecular weight excluding hydrogens is 453 g/mol. The third-order valence-corrected chi connectivity index (χ3v) is 6.87. The first-order chi connectivity index (χ1) is 16.3. The molecule has 0 spiro atoms. The van der Waals surface area contributed by atoms with Gasteiger partial charge in [0, 0.05) is 49.1 Å². The number of imidazole rings is 1. The van der Waals surface area contributed by atoms with Crippen molar-refractivity contribution in [1.29, 1.82) is 0 Å². The Morgan fingerprint density at radius 1 is 1.06 bits per heavy atom. The molecule has 0 atom stereocenters. The zero-order valence-corrected chi connectivity index (χ0v) is 20.7. The van der Waals surface area contributed by atoms with E-state index in [4.69, 9.17) is 11.6 Å². The van der Waals surface area contributed by atoms with Gasteiger partial charge >= 0.3 is 0 Å². The number of piperazine rings is 1. The number of halogens is 2. The van der Waals surface area contributed by atoms with Crippen molar-refractivity contribution in [2.45, 2.75) is 27.2 Å². The van der Waals surface area contributed by atoms with Crippen molar-refractivity contribution in [1.82, 2.24) is 19.8 Å². The Kier molecular flexibility index (Phi) is 7.54. The normalized spacial score (nSPS) is 14.4. The second-order valence-electron chi connectivity index (χ2n) is 8.73. The van der Waals surface area contributed by atoms with E-state index in [1.54, 1.807) is 12.1 Å². The smallest absolute Gasteiger partial charge is 0.271 e. The second-order valence-corrected chi connectivity index (χ2v) is 9.13. The van der Waals surface area contributed by atoms with Crippen molar-refractivity contribution >= 4 is 23.2 Å². The van der Waals surface area contributed by atoms with Crippen LogP contribution in [0.1, 0.15) is 34.0 Å². The van der Waals surface area contributed by atoms with Crippen LogP contribution in [0, 0.1) is 26.6 Å². The molecule has 34 heavy (non-hydrogen) atoms. The Bertz CT molecular complexity index is 1150. The standard InChI is InChI=1S/C26H31ClFN5O/c1-18-23(27)6-4-7-24(18)32-16-14-31(15-17-32)13-5-12-29-26(34)25-19(2)33(20(3)30-25)22-10-8-21(28)9-11-22/h4,6-11H,5,12-17H2,1-3H3,(H,29,34). The SMILES string of the molecule is Cc1c(Cl)cccc1N1CCN(CCCNC(=O)c2nc(C)n(-c3ccc(F)cc3)c2C)CC1. The first kappa shape index (κ1) is 24.2. The molecule has 2 heterocycles. The minimum atomic E-state index is -0.293. The number of hydrogen-bond donors (Lipinski definition) is 1. The Labute approximate surface area is 205 Å². The van der Waals surface area contributed by atoms with Crippen LogP contribution in [0.25, 0.3) is 5.69 Å². The van der Waals surface area contributed by atoms with Crippen molar-refractivity contribution < 1.29 is 9.18 Å². The summed E-state index contributed by atoms with van der Waals surface area (Å²) in [4.78, 5) is 22.0. The monoisotopic (exact) mass is 483 g/mol. The lowest BCUT2D eigenvalue weighted by atomic mass is 10.1. The third-order valence-electron chi connectivity index (χ3n) is 6.46. The molecule has 4 rings (SSSR count). The van der Waals surface area contributed by atoms with Gasteiger partial charge in [0.1, 0.15) is 17.3 Å². The molecule has 0 aliphatic carbocycles. The quantitative estimate of drug-likeness (QED) is 0.501. The van der Waals surface area contributed by atoms with Gasteiger partial charge in [0.15, 0.2) is 0 Å². The van der Waals surface area contributed by atoms with Crippen molar-refractivity contribution in [2.75, 3.05) is 44.2 Å². The van der Waals surface area contributed by atoms with E-state index in [0.29, 0.717) is 18.1 Å². The van der Waals surface area contributed by atoms with Gasteiger partial charge < -0.3 is 14.8 Å². The second kappa shape index (κ2) is 10.6. The van der Waals surface area contributed by atoms with E-state index in [0.717, 1.165) is 61.1 Å². The van der Waals surface area contributed by atoms with E-state index in [1.807, 2.05) is 30.5 Å². The first-order valence-corrected chi connectivity index (χ1v) is 12.1. The van der Waals surface area contributed by atoms with Gasteiger partial charge in [-0.3, -0.25) is 9.69 Å². The molecule has 0 unspecified atom stereocenters. The number of anilines is 1. The number of nitrogens with zero attached hydrogens (tertiary/aromatic N) is 4. The number of carbonyl (C=O) groups is 1. The lowest BCUT2D eigenvalue weighted by molar-refractivity contribution is 0.0946. The molecule has 8 heteroatoms. The van der Waals surface area contributed by atoms with Crippen LogP contribution in [0.3, 0.4) is 0 Å². The molecular formula is C26H31ClFN5O. The molecule has 2 aromatic carbocycles. The summed E-state index contributed by atoms with van der Waals surface area (Å²) < 4.78 is 15.1. The van der Waals surface area contributed by atoms with Crippen molar-refractivity contribution in [3.8, 4) is 5.69 Å². The van der Waals surface area contributed by atoms with Gasteiger partial charge in [0.25, 0.3) is 5.91 Å². The highest BCUT2D eigenvalue weighted by Crippen LogP contribution is 2.27. The molecule has 1 N–H and O–H groups in total. The lowest BCUT2D eigenvalue weighted by Crippen LogP contribution is -2.47. The first-order valence-electron chi connectivity index (χ1n) is 11.7. The molecule has 3 aromatic rings. The fourth-order valence-electron chi connectivity index (χ4n) is 4.57. The predicted octanol–water partition coefficient (Wildman–Crippen LogP) is 4.53. The maximum atomic E-state index is 13.3.